The average molecular weight is 349 g/mol. The first-order chi connectivity index (χ1) is 12.1. The Morgan fingerprint density at radius 2 is 1.92 bits per heavy atom. The van der Waals surface area contributed by atoms with E-state index in [4.69, 9.17) is 0 Å². The van der Waals surface area contributed by atoms with E-state index in [0.29, 0.717) is 5.13 Å². The highest BCUT2D eigenvalue weighted by Gasteiger charge is 2.12. The van der Waals surface area contributed by atoms with Gasteiger partial charge in [0.15, 0.2) is 5.13 Å². The number of benzene rings is 2. The van der Waals surface area contributed by atoms with Gasteiger partial charge >= 0.3 is 0 Å². The summed E-state index contributed by atoms with van der Waals surface area (Å²) in [4.78, 5) is 29.2. The van der Waals surface area contributed by atoms with E-state index >= 15 is 0 Å². The number of nitrogens with one attached hydrogen (secondary N) is 1. The first-order valence-corrected chi connectivity index (χ1v) is 8.68. The molecule has 0 spiro atoms. The highest BCUT2D eigenvalue weighted by molar-refractivity contribution is 7.22. The molecule has 0 saturated carbocycles. The Kier molecular flexibility index (Phi) is 3.82. The first kappa shape index (κ1) is 15.5. The molecule has 6 heteroatoms. The Hall–Kier alpha value is -2.99. The minimum Gasteiger partial charge on any atom is -0.300 e. The van der Waals surface area contributed by atoms with E-state index in [9.17, 15) is 9.59 Å². The molecule has 0 atom stereocenters. The number of pyridine rings is 1. The minimum absolute atomic E-state index is 0.0461. The van der Waals surface area contributed by atoms with Crippen LogP contribution in [0.4, 0.5) is 5.13 Å². The predicted octanol–water partition coefficient (Wildman–Crippen LogP) is 3.56. The molecule has 0 radical (unpaired) electrons. The third-order valence-electron chi connectivity index (χ3n) is 4.07. The van der Waals surface area contributed by atoms with Crippen molar-refractivity contribution in [2.45, 2.75) is 13.5 Å². The molecule has 2 heterocycles. The predicted molar refractivity (Wildman–Crippen MR) is 101 cm³/mol. The van der Waals surface area contributed by atoms with Crippen LogP contribution >= 0.6 is 11.3 Å². The largest absolute Gasteiger partial charge is 0.300 e. The standard InChI is InChI=1S/C19H15N3O2S/c1-12-10-18(24)22(15-8-4-2-6-13(12)15)11-17(23)21-19-20-14-7-3-5-9-16(14)25-19/h2-10H,11H2,1H3,(H,20,21,23). The second kappa shape index (κ2) is 6.14. The summed E-state index contributed by atoms with van der Waals surface area (Å²) >= 11 is 1.42. The van der Waals surface area contributed by atoms with Crippen molar-refractivity contribution in [2.75, 3.05) is 5.32 Å². The minimum atomic E-state index is -0.268. The van der Waals surface area contributed by atoms with Crippen LogP contribution in [-0.2, 0) is 11.3 Å². The van der Waals surface area contributed by atoms with Crippen LogP contribution in [0.3, 0.4) is 0 Å². The Morgan fingerprint density at radius 3 is 2.76 bits per heavy atom. The van der Waals surface area contributed by atoms with Gasteiger partial charge in [-0.3, -0.25) is 14.2 Å². The van der Waals surface area contributed by atoms with Gasteiger partial charge in [0.05, 0.1) is 15.7 Å². The molecule has 0 bridgehead atoms. The summed E-state index contributed by atoms with van der Waals surface area (Å²) in [6.07, 6.45) is 0. The summed E-state index contributed by atoms with van der Waals surface area (Å²) in [7, 11) is 0. The van der Waals surface area contributed by atoms with Gasteiger partial charge in [-0.25, -0.2) is 4.98 Å². The fourth-order valence-corrected chi connectivity index (χ4v) is 3.78. The summed E-state index contributed by atoms with van der Waals surface area (Å²) in [5.74, 6) is -0.268. The van der Waals surface area contributed by atoms with Crippen LogP contribution in [-0.4, -0.2) is 15.5 Å². The van der Waals surface area contributed by atoms with Crippen LogP contribution in [0.2, 0.25) is 0 Å². The van der Waals surface area contributed by atoms with Gasteiger partial charge in [0.1, 0.15) is 6.54 Å². The summed E-state index contributed by atoms with van der Waals surface area (Å²) in [6.45, 7) is 1.85. The number of carbonyl (C=O) groups excluding carboxylic acids is 1. The molecule has 25 heavy (non-hydrogen) atoms. The number of amides is 1. The van der Waals surface area contributed by atoms with E-state index in [-0.39, 0.29) is 18.0 Å². The second-order valence-corrected chi connectivity index (χ2v) is 6.83. The molecule has 2 aromatic carbocycles. The van der Waals surface area contributed by atoms with Crippen LogP contribution in [0, 0.1) is 6.92 Å². The Balaban J connectivity index is 1.65. The van der Waals surface area contributed by atoms with Crippen molar-refractivity contribution in [3.05, 3.63) is 70.5 Å². The van der Waals surface area contributed by atoms with Gasteiger partial charge in [0.25, 0.3) is 5.56 Å². The maximum Gasteiger partial charge on any atom is 0.251 e. The zero-order chi connectivity index (χ0) is 17.4. The number of anilines is 1. The van der Waals surface area contributed by atoms with Crippen molar-refractivity contribution in [1.82, 2.24) is 9.55 Å². The number of carbonyl (C=O) groups is 1. The molecule has 4 rings (SSSR count). The monoisotopic (exact) mass is 349 g/mol. The van der Waals surface area contributed by atoms with Crippen molar-refractivity contribution in [3.8, 4) is 0 Å². The van der Waals surface area contributed by atoms with E-state index in [1.807, 2.05) is 55.5 Å². The van der Waals surface area contributed by atoms with Gasteiger partial charge in [-0.1, -0.05) is 41.7 Å². The van der Waals surface area contributed by atoms with Crippen LogP contribution in [0.5, 0.6) is 0 Å². The zero-order valence-corrected chi connectivity index (χ0v) is 14.3. The molecule has 4 aromatic rings. The summed E-state index contributed by atoms with van der Waals surface area (Å²) in [6, 6.07) is 16.9. The summed E-state index contributed by atoms with van der Waals surface area (Å²) in [5, 5.41) is 4.30. The van der Waals surface area contributed by atoms with E-state index in [1.54, 1.807) is 6.07 Å². The Bertz CT molecular complexity index is 1130. The summed E-state index contributed by atoms with van der Waals surface area (Å²) in [5.41, 5.74) is 2.33. The lowest BCUT2D eigenvalue weighted by Crippen LogP contribution is -2.27. The van der Waals surface area contributed by atoms with Gasteiger partial charge in [0.2, 0.25) is 5.91 Å². The first-order valence-electron chi connectivity index (χ1n) is 7.86. The molecule has 1 amide bonds. The summed E-state index contributed by atoms with van der Waals surface area (Å²) < 4.78 is 2.50. The lowest BCUT2D eigenvalue weighted by Gasteiger charge is -2.11. The number of para-hydroxylation sites is 2. The SMILES string of the molecule is Cc1cc(=O)n(CC(=O)Nc2nc3ccccc3s2)c2ccccc12. The average Bonchev–Trinajstić information content (AvgIpc) is 3.00. The number of nitrogens with zero attached hydrogens (tertiary/aromatic N) is 2. The maximum atomic E-state index is 12.4. The molecule has 0 aliphatic rings. The van der Waals surface area contributed by atoms with E-state index < -0.39 is 0 Å². The molecular weight excluding hydrogens is 334 g/mol. The number of hydrogen-bond donors (Lipinski definition) is 1. The fourth-order valence-electron chi connectivity index (χ4n) is 2.89. The zero-order valence-electron chi connectivity index (χ0n) is 13.5. The fraction of sp³-hybridized carbons (Fsp3) is 0.105. The number of aryl methyl sites for hydroxylation is 1. The molecule has 0 unspecified atom stereocenters. The lowest BCUT2D eigenvalue weighted by molar-refractivity contribution is -0.116. The molecule has 1 N–H and O–H groups in total. The number of aromatic nitrogens is 2. The quantitative estimate of drug-likeness (QED) is 0.615. The van der Waals surface area contributed by atoms with E-state index in [0.717, 1.165) is 26.7 Å². The molecule has 0 aliphatic carbocycles. The van der Waals surface area contributed by atoms with Crippen molar-refractivity contribution >= 4 is 43.5 Å². The highest BCUT2D eigenvalue weighted by Crippen LogP contribution is 2.25. The van der Waals surface area contributed by atoms with Crippen molar-refractivity contribution in [1.29, 1.82) is 0 Å². The molecular formula is C19H15N3O2S. The maximum absolute atomic E-state index is 12.4. The molecule has 124 valence electrons. The van der Waals surface area contributed by atoms with Crippen LogP contribution in [0.15, 0.2) is 59.4 Å². The molecule has 0 aliphatic heterocycles. The third kappa shape index (κ3) is 2.92. The van der Waals surface area contributed by atoms with Gasteiger partial charge in [-0.15, -0.1) is 0 Å². The van der Waals surface area contributed by atoms with Crippen molar-refractivity contribution in [3.63, 3.8) is 0 Å². The number of hydrogen-bond acceptors (Lipinski definition) is 4. The normalized spacial score (nSPS) is 11.1. The molecule has 0 saturated heterocycles. The number of thiazole rings is 1. The molecule has 5 nitrogen and oxygen atoms in total. The molecule has 0 fully saturated rings. The third-order valence-corrected chi connectivity index (χ3v) is 5.02. The topological polar surface area (TPSA) is 64.0 Å². The Labute approximate surface area is 147 Å². The van der Waals surface area contributed by atoms with Gasteiger partial charge in [-0.05, 0) is 30.7 Å². The van der Waals surface area contributed by atoms with Crippen molar-refractivity contribution in [2.24, 2.45) is 0 Å². The van der Waals surface area contributed by atoms with Gasteiger partial charge in [0, 0.05) is 11.5 Å². The second-order valence-electron chi connectivity index (χ2n) is 5.80. The smallest absolute Gasteiger partial charge is 0.251 e. The molecule has 2 aromatic heterocycles. The van der Waals surface area contributed by atoms with Gasteiger partial charge in [-0.2, -0.15) is 0 Å². The van der Waals surface area contributed by atoms with Crippen LogP contribution in [0.25, 0.3) is 21.1 Å². The van der Waals surface area contributed by atoms with Crippen LogP contribution < -0.4 is 10.9 Å². The van der Waals surface area contributed by atoms with Crippen LogP contribution in [0.1, 0.15) is 5.56 Å². The Morgan fingerprint density at radius 1 is 1.16 bits per heavy atom. The van der Waals surface area contributed by atoms with E-state index in [2.05, 4.69) is 10.3 Å². The number of fused-ring (bicyclic) bond motifs is 2. The van der Waals surface area contributed by atoms with Crippen molar-refractivity contribution < 1.29 is 4.79 Å². The van der Waals surface area contributed by atoms with E-state index in [1.165, 1.54) is 15.9 Å². The number of rotatable bonds is 3. The lowest BCUT2D eigenvalue weighted by atomic mass is 10.1. The highest BCUT2D eigenvalue weighted by atomic mass is 32.1. The van der Waals surface area contributed by atoms with Gasteiger partial charge < -0.3 is 5.32 Å².